The number of aliphatic hydroxyl groups excluding tert-OH is 1. The lowest BCUT2D eigenvalue weighted by atomic mass is 9.80. The van der Waals surface area contributed by atoms with Crippen molar-refractivity contribution in [3.8, 4) is 11.5 Å². The molecule has 4 aromatic rings. The number of benzene rings is 3. The lowest BCUT2D eigenvalue weighted by Crippen LogP contribution is -2.41. The maximum absolute atomic E-state index is 12.4. The highest BCUT2D eigenvalue weighted by Gasteiger charge is 2.39. The van der Waals surface area contributed by atoms with E-state index in [0.717, 1.165) is 27.3 Å². The Morgan fingerprint density at radius 2 is 1.39 bits per heavy atom. The van der Waals surface area contributed by atoms with Gasteiger partial charge in [0, 0.05) is 12.3 Å². The van der Waals surface area contributed by atoms with Crippen LogP contribution in [0.15, 0.2) is 101 Å². The minimum Gasteiger partial charge on any atom is -0.497 e. The quantitative estimate of drug-likeness (QED) is 0.155. The van der Waals surface area contributed by atoms with Crippen molar-refractivity contribution in [2.75, 3.05) is 34.0 Å². The van der Waals surface area contributed by atoms with E-state index in [-0.39, 0.29) is 13.2 Å². The van der Waals surface area contributed by atoms with Gasteiger partial charge in [-0.25, -0.2) is 10.7 Å². The summed E-state index contributed by atoms with van der Waals surface area (Å²) in [5, 5.41) is 10.0. The number of aliphatic hydroxyl groups is 1. The molecule has 2 atom stereocenters. The average Bonchev–Trinajstić information content (AvgIpc) is 3.01. The molecule has 0 spiro atoms. The molecule has 0 aliphatic carbocycles. The van der Waals surface area contributed by atoms with Crippen molar-refractivity contribution >= 4 is 0 Å². The molecule has 0 aliphatic heterocycles. The van der Waals surface area contributed by atoms with Crippen LogP contribution in [0.2, 0.25) is 0 Å². The van der Waals surface area contributed by atoms with E-state index in [9.17, 15) is 14.7 Å². The van der Waals surface area contributed by atoms with Gasteiger partial charge in [-0.1, -0.05) is 54.6 Å². The summed E-state index contributed by atoms with van der Waals surface area (Å²) in [5.41, 5.74) is -0.00663. The van der Waals surface area contributed by atoms with E-state index in [4.69, 9.17) is 29.7 Å². The van der Waals surface area contributed by atoms with Gasteiger partial charge in [0.05, 0.1) is 34.0 Å². The molecule has 4 rings (SSSR count). The Labute approximate surface area is 236 Å². The Morgan fingerprint density at radius 3 is 1.88 bits per heavy atom. The fraction of sp³-hybridized carbons (Fsp3) is 0.267. The lowest BCUT2D eigenvalue weighted by Gasteiger charge is -2.37. The second kappa shape index (κ2) is 13.9. The normalized spacial score (nSPS) is 13.0. The number of aromatic nitrogens is 2. The predicted octanol–water partition coefficient (Wildman–Crippen LogP) is 2.33. The summed E-state index contributed by atoms with van der Waals surface area (Å²) in [4.78, 5) is 31.0. The molecule has 1 heterocycles. The molecule has 0 amide bonds. The zero-order valence-electron chi connectivity index (χ0n) is 22.8. The third kappa shape index (κ3) is 6.73. The second-order valence-electron chi connectivity index (χ2n) is 9.06. The molecular formula is C30H33N3O8. The highest BCUT2D eigenvalue weighted by Crippen LogP contribution is 2.42. The topological polar surface area (TPSA) is 147 Å². The summed E-state index contributed by atoms with van der Waals surface area (Å²) >= 11 is 0. The zero-order valence-corrected chi connectivity index (χ0v) is 22.8. The highest BCUT2D eigenvalue weighted by molar-refractivity contribution is 5.49. The number of aromatic amines is 1. The number of nitrogens with zero attached hydrogens (tertiary/aromatic N) is 1. The van der Waals surface area contributed by atoms with Crippen LogP contribution in [0.5, 0.6) is 11.5 Å². The Balaban J connectivity index is 1.77. The van der Waals surface area contributed by atoms with Crippen LogP contribution >= 0.6 is 0 Å². The first-order valence-electron chi connectivity index (χ1n) is 12.8. The summed E-state index contributed by atoms with van der Waals surface area (Å²) in [5.74, 6) is 6.79. The van der Waals surface area contributed by atoms with Crippen LogP contribution in [0.25, 0.3) is 0 Å². The maximum atomic E-state index is 12.4. The number of ether oxygens (including phenoxy) is 4. The molecule has 0 aliphatic rings. The summed E-state index contributed by atoms with van der Waals surface area (Å²) in [6, 6.07) is 25.9. The van der Waals surface area contributed by atoms with Crippen molar-refractivity contribution in [3.63, 3.8) is 0 Å². The van der Waals surface area contributed by atoms with Gasteiger partial charge in [-0.2, -0.15) is 0 Å². The van der Waals surface area contributed by atoms with Crippen molar-refractivity contribution in [1.29, 1.82) is 0 Å². The van der Waals surface area contributed by atoms with Crippen LogP contribution in [0.4, 0.5) is 0 Å². The first-order chi connectivity index (χ1) is 19.9. The molecule has 0 radical (unpaired) electrons. The number of methoxy groups -OCH3 is 2. The fourth-order valence-electron chi connectivity index (χ4n) is 4.60. The van der Waals surface area contributed by atoms with E-state index in [1.165, 1.54) is 6.20 Å². The van der Waals surface area contributed by atoms with Gasteiger partial charge >= 0.3 is 5.69 Å². The fourth-order valence-corrected chi connectivity index (χ4v) is 4.60. The van der Waals surface area contributed by atoms with Crippen molar-refractivity contribution in [2.45, 2.75) is 17.9 Å². The van der Waals surface area contributed by atoms with Gasteiger partial charge in [-0.3, -0.25) is 14.3 Å². The third-order valence-corrected chi connectivity index (χ3v) is 6.61. The van der Waals surface area contributed by atoms with Gasteiger partial charge in [0.1, 0.15) is 23.2 Å². The highest BCUT2D eigenvalue weighted by atomic mass is 16.6. The van der Waals surface area contributed by atoms with E-state index in [1.54, 1.807) is 14.2 Å². The summed E-state index contributed by atoms with van der Waals surface area (Å²) in [7, 11) is 3.19. The summed E-state index contributed by atoms with van der Waals surface area (Å²) in [6.45, 7) is -0.753. The molecule has 1 aromatic heterocycles. The van der Waals surface area contributed by atoms with Crippen LogP contribution in [-0.4, -0.2) is 54.8 Å². The first kappa shape index (κ1) is 29.7. The predicted molar refractivity (Wildman–Crippen MR) is 151 cm³/mol. The number of rotatable bonds is 14. The average molecular weight is 564 g/mol. The van der Waals surface area contributed by atoms with Crippen molar-refractivity contribution in [3.05, 3.63) is 129 Å². The Bertz CT molecular complexity index is 1440. The third-order valence-electron chi connectivity index (χ3n) is 6.61. The van der Waals surface area contributed by atoms with Gasteiger partial charge in [0.15, 0.2) is 6.23 Å². The van der Waals surface area contributed by atoms with E-state index in [0.29, 0.717) is 11.5 Å². The zero-order chi connectivity index (χ0) is 29.2. The molecule has 0 saturated heterocycles. The van der Waals surface area contributed by atoms with Crippen LogP contribution < -0.4 is 26.6 Å². The smallest absolute Gasteiger partial charge is 0.330 e. The molecule has 3 aromatic carbocycles. The molecule has 0 unspecified atom stereocenters. The Hall–Kier alpha value is -4.26. The van der Waals surface area contributed by atoms with E-state index in [1.807, 2.05) is 78.9 Å². The van der Waals surface area contributed by atoms with Crippen molar-refractivity contribution < 1.29 is 28.9 Å². The SMILES string of the molecule is COc1ccc(C(OC[C@H](CON)O[C@H](CO)n2ccc(=O)[nH]c2=O)(c2ccccc2)c2ccc(OC)cc2)cc1. The lowest BCUT2D eigenvalue weighted by molar-refractivity contribution is -0.146. The van der Waals surface area contributed by atoms with Gasteiger partial charge in [-0.05, 0) is 41.0 Å². The van der Waals surface area contributed by atoms with Gasteiger partial charge < -0.3 is 28.9 Å². The first-order valence-corrected chi connectivity index (χ1v) is 12.8. The molecule has 41 heavy (non-hydrogen) atoms. The number of nitrogens with two attached hydrogens (primary N) is 1. The van der Waals surface area contributed by atoms with Crippen molar-refractivity contribution in [1.82, 2.24) is 9.55 Å². The molecule has 0 bridgehead atoms. The summed E-state index contributed by atoms with van der Waals surface area (Å²) < 4.78 is 24.7. The monoisotopic (exact) mass is 563 g/mol. The van der Waals surface area contributed by atoms with Gasteiger partial charge in [0.2, 0.25) is 0 Å². The molecular weight excluding hydrogens is 530 g/mol. The Kier molecular flexibility index (Phi) is 10.1. The molecule has 216 valence electrons. The number of hydrogen-bond acceptors (Lipinski definition) is 9. The standard InChI is InChI=1S/C30H33N3O8/c1-37-24-12-8-22(9-13-24)30(21-6-4-3-5-7-21,23-10-14-25(38-2)15-11-23)39-19-26(20-40-31)41-28(18-34)33-17-16-27(35)32-29(33)36/h3-17,26,28,34H,18-20,31H2,1-2H3,(H,32,35,36)/t26-,28-/m1/s1. The van der Waals surface area contributed by atoms with E-state index in [2.05, 4.69) is 4.98 Å². The summed E-state index contributed by atoms with van der Waals surface area (Å²) in [6.07, 6.45) is -0.738. The van der Waals surface area contributed by atoms with Crippen LogP contribution in [0.3, 0.4) is 0 Å². The van der Waals surface area contributed by atoms with Crippen LogP contribution in [-0.2, 0) is 19.9 Å². The molecule has 0 saturated carbocycles. The number of hydrogen-bond donors (Lipinski definition) is 3. The molecule has 11 nitrogen and oxygen atoms in total. The van der Waals surface area contributed by atoms with Crippen molar-refractivity contribution in [2.24, 2.45) is 5.90 Å². The number of nitrogens with one attached hydrogen (secondary N) is 1. The maximum Gasteiger partial charge on any atom is 0.330 e. The molecule has 0 fully saturated rings. The van der Waals surface area contributed by atoms with E-state index >= 15 is 0 Å². The molecule has 11 heteroatoms. The van der Waals surface area contributed by atoms with E-state index < -0.39 is 35.8 Å². The van der Waals surface area contributed by atoms with Gasteiger partial charge in [0.25, 0.3) is 5.56 Å². The minimum atomic E-state index is -1.14. The minimum absolute atomic E-state index is 0.0707. The largest absolute Gasteiger partial charge is 0.497 e. The van der Waals surface area contributed by atoms with Gasteiger partial charge in [-0.15, -0.1) is 0 Å². The Morgan fingerprint density at radius 1 is 0.829 bits per heavy atom. The van der Waals surface area contributed by atoms with Crippen LogP contribution in [0, 0.1) is 0 Å². The second-order valence-corrected chi connectivity index (χ2v) is 9.06. The van der Waals surface area contributed by atoms with Crippen LogP contribution in [0.1, 0.15) is 22.9 Å². The molecule has 4 N–H and O–H groups in total. The number of H-pyrrole nitrogens is 1.